The molecule has 5 nitrogen and oxygen atoms in total. The highest BCUT2D eigenvalue weighted by Crippen LogP contribution is 2.26. The maximum atomic E-state index is 8.72. The SMILES string of the molecule is CC1CCC1O.Cn1cc2cc(-c3ccc4ccsc4n3)cnc2n1. The summed E-state index contributed by atoms with van der Waals surface area (Å²) in [5.74, 6) is 0.588. The van der Waals surface area contributed by atoms with E-state index in [1.165, 1.54) is 11.8 Å². The normalized spacial score (nSPS) is 19.5. The van der Waals surface area contributed by atoms with Gasteiger partial charge in [0.25, 0.3) is 0 Å². The molecule has 1 aliphatic carbocycles. The molecule has 2 atom stereocenters. The Morgan fingerprint density at radius 2 is 2.04 bits per heavy atom. The van der Waals surface area contributed by atoms with Crippen molar-refractivity contribution in [2.75, 3.05) is 0 Å². The highest BCUT2D eigenvalue weighted by molar-refractivity contribution is 7.16. The lowest BCUT2D eigenvalue weighted by Crippen LogP contribution is -2.27. The van der Waals surface area contributed by atoms with Crippen LogP contribution in [0.3, 0.4) is 0 Å². The molecule has 0 amide bonds. The Morgan fingerprint density at radius 3 is 2.76 bits per heavy atom. The van der Waals surface area contributed by atoms with Gasteiger partial charge in [-0.05, 0) is 48.4 Å². The van der Waals surface area contributed by atoms with Crippen molar-refractivity contribution in [3.63, 3.8) is 0 Å². The number of hydrogen-bond donors (Lipinski definition) is 1. The van der Waals surface area contributed by atoms with Gasteiger partial charge in [0.2, 0.25) is 0 Å². The average molecular weight is 352 g/mol. The predicted molar refractivity (Wildman–Crippen MR) is 102 cm³/mol. The zero-order valence-corrected chi connectivity index (χ0v) is 15.1. The molecular weight excluding hydrogens is 332 g/mol. The number of nitrogens with zero attached hydrogens (tertiary/aromatic N) is 4. The van der Waals surface area contributed by atoms with Gasteiger partial charge in [-0.1, -0.05) is 6.92 Å². The monoisotopic (exact) mass is 352 g/mol. The average Bonchev–Trinajstić information content (AvgIpc) is 3.24. The first kappa shape index (κ1) is 16.2. The summed E-state index contributed by atoms with van der Waals surface area (Å²) >= 11 is 1.66. The second kappa shape index (κ2) is 6.54. The van der Waals surface area contributed by atoms with Gasteiger partial charge >= 0.3 is 0 Å². The number of hydrogen-bond acceptors (Lipinski definition) is 5. The molecule has 25 heavy (non-hydrogen) atoms. The lowest BCUT2D eigenvalue weighted by Gasteiger charge is -2.28. The Hall–Kier alpha value is -2.31. The van der Waals surface area contributed by atoms with Crippen molar-refractivity contribution >= 4 is 32.6 Å². The van der Waals surface area contributed by atoms with Gasteiger partial charge in [0.05, 0.1) is 11.8 Å². The van der Waals surface area contributed by atoms with Crippen molar-refractivity contribution in [3.05, 3.63) is 42.0 Å². The van der Waals surface area contributed by atoms with Crippen LogP contribution in [0.1, 0.15) is 19.8 Å². The van der Waals surface area contributed by atoms with Gasteiger partial charge in [0.15, 0.2) is 5.65 Å². The third-order valence-electron chi connectivity index (χ3n) is 4.66. The van der Waals surface area contributed by atoms with Crippen LogP contribution in [-0.2, 0) is 7.05 Å². The first-order chi connectivity index (χ1) is 12.1. The van der Waals surface area contributed by atoms with Crippen LogP contribution in [0.15, 0.2) is 42.0 Å². The molecule has 0 radical (unpaired) electrons. The first-order valence-electron chi connectivity index (χ1n) is 8.42. The van der Waals surface area contributed by atoms with E-state index in [0.29, 0.717) is 5.92 Å². The molecule has 6 heteroatoms. The number of aromatic nitrogens is 4. The number of fused-ring (bicyclic) bond motifs is 2. The molecule has 5 rings (SSSR count). The van der Waals surface area contributed by atoms with Crippen LogP contribution in [0.25, 0.3) is 32.5 Å². The van der Waals surface area contributed by atoms with E-state index in [-0.39, 0.29) is 6.10 Å². The van der Waals surface area contributed by atoms with E-state index >= 15 is 0 Å². The summed E-state index contributed by atoms with van der Waals surface area (Å²) in [4.78, 5) is 10.1. The smallest absolute Gasteiger partial charge is 0.181 e. The summed E-state index contributed by atoms with van der Waals surface area (Å²) in [7, 11) is 1.90. The Morgan fingerprint density at radius 1 is 1.20 bits per heavy atom. The fraction of sp³-hybridized carbons (Fsp3) is 0.316. The number of aryl methyl sites for hydroxylation is 1. The van der Waals surface area contributed by atoms with Gasteiger partial charge in [-0.2, -0.15) is 5.10 Å². The third-order valence-corrected chi connectivity index (χ3v) is 5.48. The first-order valence-corrected chi connectivity index (χ1v) is 9.30. The Kier molecular flexibility index (Phi) is 4.23. The van der Waals surface area contributed by atoms with Crippen molar-refractivity contribution in [1.82, 2.24) is 19.7 Å². The fourth-order valence-electron chi connectivity index (χ4n) is 2.83. The van der Waals surface area contributed by atoms with Crippen LogP contribution >= 0.6 is 11.3 Å². The standard InChI is InChI=1S/C14H10N4S.C5H10O/c1-18-8-11-6-10(7-15-13(11)17-18)12-3-2-9-4-5-19-14(9)16-12;1-4-2-3-5(4)6/h2-8H,1H3;4-6H,2-3H2,1H3. The van der Waals surface area contributed by atoms with Gasteiger partial charge < -0.3 is 5.11 Å². The minimum atomic E-state index is 0.0324. The maximum absolute atomic E-state index is 8.72. The van der Waals surface area contributed by atoms with E-state index in [1.54, 1.807) is 16.0 Å². The lowest BCUT2D eigenvalue weighted by atomic mass is 9.84. The van der Waals surface area contributed by atoms with E-state index < -0.39 is 0 Å². The molecule has 0 aromatic carbocycles. The molecule has 2 unspecified atom stereocenters. The third kappa shape index (κ3) is 3.27. The highest BCUT2D eigenvalue weighted by Gasteiger charge is 2.23. The molecule has 1 aliphatic rings. The lowest BCUT2D eigenvalue weighted by molar-refractivity contribution is 0.0346. The van der Waals surface area contributed by atoms with Crippen molar-refractivity contribution in [2.45, 2.75) is 25.9 Å². The van der Waals surface area contributed by atoms with Gasteiger partial charge in [-0.3, -0.25) is 4.68 Å². The number of pyridine rings is 2. The molecule has 0 aliphatic heterocycles. The van der Waals surface area contributed by atoms with Gasteiger partial charge in [-0.15, -0.1) is 11.3 Å². The largest absolute Gasteiger partial charge is 0.393 e. The summed E-state index contributed by atoms with van der Waals surface area (Å²) in [6.45, 7) is 2.08. The molecule has 128 valence electrons. The van der Waals surface area contributed by atoms with Crippen LogP contribution in [0, 0.1) is 5.92 Å². The molecule has 0 saturated heterocycles. The second-order valence-corrected chi connectivity index (χ2v) is 7.47. The molecule has 1 fully saturated rings. The predicted octanol–water partition coefficient (Wildman–Crippen LogP) is 4.02. The second-order valence-electron chi connectivity index (χ2n) is 6.57. The molecule has 1 saturated carbocycles. The topological polar surface area (TPSA) is 63.8 Å². The summed E-state index contributed by atoms with van der Waals surface area (Å²) < 4.78 is 1.78. The number of aliphatic hydroxyl groups excluding tert-OH is 1. The van der Waals surface area contributed by atoms with Crippen molar-refractivity contribution in [1.29, 1.82) is 0 Å². The molecule has 4 aromatic heterocycles. The van der Waals surface area contributed by atoms with E-state index in [9.17, 15) is 0 Å². The zero-order valence-electron chi connectivity index (χ0n) is 14.3. The van der Waals surface area contributed by atoms with Crippen molar-refractivity contribution < 1.29 is 5.11 Å². The van der Waals surface area contributed by atoms with Crippen molar-refractivity contribution in [3.8, 4) is 11.3 Å². The quantitative estimate of drug-likeness (QED) is 0.562. The summed E-state index contributed by atoms with van der Waals surface area (Å²) in [5, 5.41) is 17.3. The van der Waals surface area contributed by atoms with Gasteiger partial charge in [-0.25, -0.2) is 9.97 Å². The maximum Gasteiger partial charge on any atom is 0.181 e. The highest BCUT2D eigenvalue weighted by atomic mass is 32.1. The van der Waals surface area contributed by atoms with Crippen LogP contribution in [-0.4, -0.2) is 31.0 Å². The number of rotatable bonds is 1. The van der Waals surface area contributed by atoms with Crippen LogP contribution in [0.4, 0.5) is 0 Å². The summed E-state index contributed by atoms with van der Waals surface area (Å²) in [6.07, 6.45) is 6.08. The van der Waals surface area contributed by atoms with Crippen LogP contribution < -0.4 is 0 Å². The molecular formula is C19H20N4OS. The van der Waals surface area contributed by atoms with E-state index in [1.807, 2.05) is 25.5 Å². The van der Waals surface area contributed by atoms with E-state index in [2.05, 4.69) is 45.6 Å². The van der Waals surface area contributed by atoms with Crippen molar-refractivity contribution in [2.24, 2.45) is 13.0 Å². The van der Waals surface area contributed by atoms with Crippen LogP contribution in [0.2, 0.25) is 0 Å². The van der Waals surface area contributed by atoms with Crippen LogP contribution in [0.5, 0.6) is 0 Å². The molecule has 1 N–H and O–H groups in total. The van der Waals surface area contributed by atoms with E-state index in [0.717, 1.165) is 33.5 Å². The minimum absolute atomic E-state index is 0.0324. The summed E-state index contributed by atoms with van der Waals surface area (Å²) in [5.41, 5.74) is 2.74. The molecule has 4 aromatic rings. The summed E-state index contributed by atoms with van der Waals surface area (Å²) in [6, 6.07) is 8.30. The molecule has 0 spiro atoms. The minimum Gasteiger partial charge on any atom is -0.393 e. The Labute approximate surface area is 150 Å². The number of aliphatic hydroxyl groups is 1. The van der Waals surface area contributed by atoms with Gasteiger partial charge in [0, 0.05) is 35.8 Å². The Bertz CT molecular complexity index is 1010. The van der Waals surface area contributed by atoms with E-state index in [4.69, 9.17) is 5.11 Å². The zero-order chi connectivity index (χ0) is 17.4. The number of thiophene rings is 1. The fourth-order valence-corrected chi connectivity index (χ4v) is 3.59. The van der Waals surface area contributed by atoms with Gasteiger partial charge in [0.1, 0.15) is 4.83 Å². The Balaban J connectivity index is 0.000000223. The molecule has 0 bridgehead atoms. The molecule has 4 heterocycles.